The fourth-order valence-corrected chi connectivity index (χ4v) is 3.33. The largest absolute Gasteiger partial charge is 0.367 e. The molecule has 128 valence electrons. The Morgan fingerprint density at radius 3 is 2.52 bits per heavy atom. The van der Waals surface area contributed by atoms with Gasteiger partial charge in [-0.2, -0.15) is 0 Å². The molecule has 5 heteroatoms. The number of H-pyrrole nitrogens is 1. The summed E-state index contributed by atoms with van der Waals surface area (Å²) in [6.07, 6.45) is 1.97. The predicted octanol–water partition coefficient (Wildman–Crippen LogP) is 3.83. The highest BCUT2D eigenvalue weighted by atomic mass is 16.2. The van der Waals surface area contributed by atoms with E-state index in [1.165, 1.54) is 16.6 Å². The highest BCUT2D eigenvalue weighted by molar-refractivity contribution is 5.93. The van der Waals surface area contributed by atoms with Crippen molar-refractivity contribution in [1.29, 1.82) is 0 Å². The number of piperazine rings is 1. The topological polar surface area (TPSA) is 51.4 Å². The molecule has 2 amide bonds. The molecule has 3 aromatic rings. The number of carbonyl (C=O) groups is 1. The van der Waals surface area contributed by atoms with Gasteiger partial charge in [-0.05, 0) is 37.3 Å². The molecule has 2 heterocycles. The Bertz CT molecular complexity index is 876. The van der Waals surface area contributed by atoms with Crippen LogP contribution in [0.4, 0.5) is 16.2 Å². The van der Waals surface area contributed by atoms with Gasteiger partial charge in [0.25, 0.3) is 0 Å². The third-order valence-corrected chi connectivity index (χ3v) is 4.78. The predicted molar refractivity (Wildman–Crippen MR) is 102 cm³/mol. The summed E-state index contributed by atoms with van der Waals surface area (Å²) >= 11 is 0. The first-order valence-electron chi connectivity index (χ1n) is 8.64. The van der Waals surface area contributed by atoms with Crippen molar-refractivity contribution in [1.82, 2.24) is 9.88 Å². The third kappa shape index (κ3) is 3.18. The summed E-state index contributed by atoms with van der Waals surface area (Å²) in [5, 5.41) is 4.22. The maximum Gasteiger partial charge on any atom is 0.321 e. The van der Waals surface area contributed by atoms with E-state index in [-0.39, 0.29) is 6.03 Å². The SMILES string of the molecule is Cc1ccc(NC(=O)N2CCN(c3cccc4[nH]ccc34)CC2)cc1. The standard InChI is InChI=1S/C20H22N4O/c1-15-5-7-16(8-6-15)22-20(25)24-13-11-23(12-14-24)19-4-2-3-18-17(19)9-10-21-18/h2-10,21H,11-14H2,1H3,(H,22,25). The molecule has 25 heavy (non-hydrogen) atoms. The van der Waals surface area contributed by atoms with Gasteiger partial charge in [0.05, 0.1) is 0 Å². The van der Waals surface area contributed by atoms with Gasteiger partial charge < -0.3 is 20.1 Å². The molecule has 0 saturated carbocycles. The highest BCUT2D eigenvalue weighted by Crippen LogP contribution is 2.27. The number of fused-ring (bicyclic) bond motifs is 1. The maximum atomic E-state index is 12.5. The maximum absolute atomic E-state index is 12.5. The number of rotatable bonds is 2. The van der Waals surface area contributed by atoms with E-state index in [0.717, 1.165) is 37.4 Å². The van der Waals surface area contributed by atoms with E-state index in [1.807, 2.05) is 42.3 Å². The molecule has 1 aromatic heterocycles. The average molecular weight is 334 g/mol. The Hall–Kier alpha value is -2.95. The lowest BCUT2D eigenvalue weighted by Crippen LogP contribution is -2.50. The van der Waals surface area contributed by atoms with E-state index in [0.29, 0.717) is 0 Å². The van der Waals surface area contributed by atoms with Crippen LogP contribution in [0.25, 0.3) is 10.9 Å². The average Bonchev–Trinajstić information content (AvgIpc) is 3.12. The molecule has 0 radical (unpaired) electrons. The summed E-state index contributed by atoms with van der Waals surface area (Å²) in [6, 6.07) is 16.3. The van der Waals surface area contributed by atoms with E-state index >= 15 is 0 Å². The number of aromatic nitrogens is 1. The van der Waals surface area contributed by atoms with Crippen LogP contribution in [0.3, 0.4) is 0 Å². The van der Waals surface area contributed by atoms with Gasteiger partial charge in [-0.25, -0.2) is 4.79 Å². The molecule has 2 aromatic carbocycles. The Morgan fingerprint density at radius 1 is 1.00 bits per heavy atom. The van der Waals surface area contributed by atoms with Crippen LogP contribution in [0.5, 0.6) is 0 Å². The molecule has 0 atom stereocenters. The molecule has 1 fully saturated rings. The minimum Gasteiger partial charge on any atom is -0.367 e. The van der Waals surface area contributed by atoms with Crippen molar-refractivity contribution < 1.29 is 4.79 Å². The van der Waals surface area contributed by atoms with E-state index in [2.05, 4.69) is 39.5 Å². The number of urea groups is 1. The molecule has 0 bridgehead atoms. The second-order valence-corrected chi connectivity index (χ2v) is 6.49. The number of amides is 2. The Morgan fingerprint density at radius 2 is 1.76 bits per heavy atom. The van der Waals surface area contributed by atoms with Gasteiger partial charge in [0.2, 0.25) is 0 Å². The lowest BCUT2D eigenvalue weighted by molar-refractivity contribution is 0.208. The third-order valence-electron chi connectivity index (χ3n) is 4.78. The fourth-order valence-electron chi connectivity index (χ4n) is 3.33. The number of aromatic amines is 1. The summed E-state index contributed by atoms with van der Waals surface area (Å²) in [7, 11) is 0. The summed E-state index contributed by atoms with van der Waals surface area (Å²) in [4.78, 5) is 19.9. The van der Waals surface area contributed by atoms with Crippen molar-refractivity contribution in [2.45, 2.75) is 6.92 Å². The fraction of sp³-hybridized carbons (Fsp3) is 0.250. The molecule has 2 N–H and O–H groups in total. The lowest BCUT2D eigenvalue weighted by atomic mass is 10.2. The van der Waals surface area contributed by atoms with Crippen LogP contribution in [0.15, 0.2) is 54.7 Å². The molecule has 0 unspecified atom stereocenters. The molecule has 4 rings (SSSR count). The van der Waals surface area contributed by atoms with Crippen LogP contribution in [0.1, 0.15) is 5.56 Å². The van der Waals surface area contributed by atoms with Crippen LogP contribution >= 0.6 is 0 Å². The van der Waals surface area contributed by atoms with Crippen molar-refractivity contribution in [3.8, 4) is 0 Å². The normalized spacial score (nSPS) is 14.8. The number of hydrogen-bond acceptors (Lipinski definition) is 2. The second-order valence-electron chi connectivity index (χ2n) is 6.49. The van der Waals surface area contributed by atoms with Crippen LogP contribution in [-0.4, -0.2) is 42.1 Å². The Balaban J connectivity index is 1.40. The molecular weight excluding hydrogens is 312 g/mol. The van der Waals surface area contributed by atoms with Gasteiger partial charge in [0, 0.05) is 54.7 Å². The first-order valence-corrected chi connectivity index (χ1v) is 8.64. The number of benzene rings is 2. The summed E-state index contributed by atoms with van der Waals surface area (Å²) in [5.74, 6) is 0. The highest BCUT2D eigenvalue weighted by Gasteiger charge is 2.22. The Labute approximate surface area is 147 Å². The van der Waals surface area contributed by atoms with Crippen molar-refractivity contribution in [2.75, 3.05) is 36.4 Å². The molecule has 1 aliphatic heterocycles. The van der Waals surface area contributed by atoms with Crippen molar-refractivity contribution in [3.05, 3.63) is 60.3 Å². The van der Waals surface area contributed by atoms with E-state index in [4.69, 9.17) is 0 Å². The molecule has 0 spiro atoms. The molecule has 1 saturated heterocycles. The molecular formula is C20H22N4O. The van der Waals surface area contributed by atoms with Gasteiger partial charge in [0.1, 0.15) is 0 Å². The number of hydrogen-bond donors (Lipinski definition) is 2. The number of carbonyl (C=O) groups excluding carboxylic acids is 1. The van der Waals surface area contributed by atoms with Crippen molar-refractivity contribution in [2.24, 2.45) is 0 Å². The second kappa shape index (κ2) is 6.51. The van der Waals surface area contributed by atoms with Crippen LogP contribution in [-0.2, 0) is 0 Å². The monoisotopic (exact) mass is 334 g/mol. The number of anilines is 2. The van der Waals surface area contributed by atoms with Gasteiger partial charge >= 0.3 is 6.03 Å². The van der Waals surface area contributed by atoms with Gasteiger partial charge in [-0.1, -0.05) is 23.8 Å². The van der Waals surface area contributed by atoms with Gasteiger partial charge in [-0.3, -0.25) is 0 Å². The molecule has 5 nitrogen and oxygen atoms in total. The van der Waals surface area contributed by atoms with E-state index < -0.39 is 0 Å². The number of nitrogens with one attached hydrogen (secondary N) is 2. The minimum absolute atomic E-state index is 0.0247. The smallest absolute Gasteiger partial charge is 0.321 e. The summed E-state index contributed by atoms with van der Waals surface area (Å²) < 4.78 is 0. The summed E-state index contributed by atoms with van der Waals surface area (Å²) in [6.45, 7) is 5.16. The number of nitrogens with zero attached hydrogens (tertiary/aromatic N) is 2. The zero-order chi connectivity index (χ0) is 17.2. The van der Waals surface area contributed by atoms with Gasteiger partial charge in [-0.15, -0.1) is 0 Å². The van der Waals surface area contributed by atoms with E-state index in [9.17, 15) is 4.79 Å². The first-order chi connectivity index (χ1) is 12.2. The number of aryl methyl sites for hydroxylation is 1. The van der Waals surface area contributed by atoms with Gasteiger partial charge in [0.15, 0.2) is 0 Å². The van der Waals surface area contributed by atoms with Crippen LogP contribution < -0.4 is 10.2 Å². The summed E-state index contributed by atoms with van der Waals surface area (Å²) in [5.41, 5.74) is 4.41. The van der Waals surface area contributed by atoms with E-state index in [1.54, 1.807) is 0 Å². The Kier molecular flexibility index (Phi) is 4.06. The lowest BCUT2D eigenvalue weighted by Gasteiger charge is -2.36. The first kappa shape index (κ1) is 15.6. The molecule has 0 aliphatic carbocycles. The zero-order valence-electron chi connectivity index (χ0n) is 14.3. The zero-order valence-corrected chi connectivity index (χ0v) is 14.3. The van der Waals surface area contributed by atoms with Crippen LogP contribution in [0.2, 0.25) is 0 Å². The minimum atomic E-state index is -0.0247. The quantitative estimate of drug-likeness (QED) is 0.748. The van der Waals surface area contributed by atoms with Crippen molar-refractivity contribution >= 4 is 28.3 Å². The van der Waals surface area contributed by atoms with Crippen molar-refractivity contribution in [3.63, 3.8) is 0 Å². The van der Waals surface area contributed by atoms with Crippen LogP contribution in [0, 0.1) is 6.92 Å². The molecule has 1 aliphatic rings.